The maximum Gasteiger partial charge on any atom is 0.141 e. The smallest absolute Gasteiger partial charge is 0.141 e. The van der Waals surface area contributed by atoms with E-state index in [1.54, 1.807) is 11.8 Å². The number of hydrogen-bond acceptors (Lipinski definition) is 3. The third-order valence-corrected chi connectivity index (χ3v) is 5.24. The van der Waals surface area contributed by atoms with Crippen LogP contribution in [0.1, 0.15) is 11.1 Å². The molecule has 0 saturated heterocycles. The van der Waals surface area contributed by atoms with Crippen molar-refractivity contribution in [3.8, 4) is 11.5 Å². The van der Waals surface area contributed by atoms with Gasteiger partial charge in [-0.25, -0.2) is 0 Å². The molecule has 0 bridgehead atoms. The normalized spacial score (nSPS) is 12.8. The summed E-state index contributed by atoms with van der Waals surface area (Å²) in [6.07, 6.45) is 0. The second-order valence-electron chi connectivity index (χ2n) is 5.59. The van der Waals surface area contributed by atoms with Gasteiger partial charge in [0.25, 0.3) is 0 Å². The van der Waals surface area contributed by atoms with Gasteiger partial charge in [0.15, 0.2) is 0 Å². The molecular weight excluding hydrogens is 396 g/mol. The lowest BCUT2D eigenvalue weighted by molar-refractivity contribution is 0.305. The first-order chi connectivity index (χ1) is 12.3. The van der Waals surface area contributed by atoms with E-state index in [9.17, 15) is 0 Å². The lowest BCUT2D eigenvalue weighted by Crippen LogP contribution is -2.00. The third kappa shape index (κ3) is 3.91. The molecule has 1 aliphatic rings. The largest absolute Gasteiger partial charge is 0.489 e. The molecule has 0 radical (unpaired) electrons. The molecule has 0 amide bonds. The van der Waals surface area contributed by atoms with Crippen molar-refractivity contribution < 1.29 is 9.47 Å². The molecule has 2 nitrogen and oxygen atoms in total. The number of ether oxygens (including phenoxy) is 2. The Morgan fingerprint density at radius 3 is 2.52 bits per heavy atom. The minimum absolute atomic E-state index is 0.561. The Hall–Kier alpha value is -2.17. The number of fused-ring (bicyclic) bond motifs is 1. The lowest BCUT2D eigenvalue weighted by atomic mass is 10.2. The van der Waals surface area contributed by atoms with Crippen LogP contribution in [0.5, 0.6) is 11.5 Å². The third-order valence-electron chi connectivity index (χ3n) is 3.81. The zero-order valence-corrected chi connectivity index (χ0v) is 15.7. The fourth-order valence-electron chi connectivity index (χ4n) is 2.50. The Morgan fingerprint density at radius 1 is 0.920 bits per heavy atom. The summed E-state index contributed by atoms with van der Waals surface area (Å²) in [6, 6.07) is 24.2. The van der Waals surface area contributed by atoms with Crippen LogP contribution < -0.4 is 9.47 Å². The molecule has 3 aromatic rings. The van der Waals surface area contributed by atoms with Gasteiger partial charge in [0.1, 0.15) is 23.9 Å². The lowest BCUT2D eigenvalue weighted by Gasteiger charge is -2.18. The van der Waals surface area contributed by atoms with E-state index in [4.69, 9.17) is 9.47 Å². The fraction of sp³-hybridized carbons (Fsp3) is 0.0476. The first-order valence-electron chi connectivity index (χ1n) is 7.89. The van der Waals surface area contributed by atoms with Gasteiger partial charge in [-0.2, -0.15) is 0 Å². The molecule has 0 fully saturated rings. The maximum absolute atomic E-state index is 6.05. The molecule has 0 N–H and O–H groups in total. The second-order valence-corrected chi connectivity index (χ2v) is 7.42. The van der Waals surface area contributed by atoms with Crippen LogP contribution in [0.3, 0.4) is 0 Å². The Labute approximate surface area is 159 Å². The minimum atomic E-state index is 0.561. The number of benzene rings is 3. The molecule has 124 valence electrons. The Bertz CT molecular complexity index is 905. The molecule has 3 aromatic carbocycles. The van der Waals surface area contributed by atoms with E-state index < -0.39 is 0 Å². The molecule has 0 aromatic heterocycles. The molecule has 0 aliphatic carbocycles. The van der Waals surface area contributed by atoms with Crippen molar-refractivity contribution >= 4 is 33.5 Å². The van der Waals surface area contributed by atoms with Gasteiger partial charge in [0.05, 0.1) is 4.90 Å². The van der Waals surface area contributed by atoms with Crippen LogP contribution in [0.4, 0.5) is 0 Å². The summed E-state index contributed by atoms with van der Waals surface area (Å²) in [7, 11) is 0. The summed E-state index contributed by atoms with van der Waals surface area (Å²) in [5, 5.41) is 2.03. The van der Waals surface area contributed by atoms with Crippen LogP contribution >= 0.6 is 27.7 Å². The number of thioether (sulfide) groups is 1. The highest BCUT2D eigenvalue weighted by Gasteiger charge is 2.15. The SMILES string of the molecule is Brc1ccc(C2=CSc3cc(OCc4ccccc4)ccc3O2)cc1. The van der Waals surface area contributed by atoms with Gasteiger partial charge >= 0.3 is 0 Å². The summed E-state index contributed by atoms with van der Waals surface area (Å²) >= 11 is 5.11. The molecule has 0 atom stereocenters. The Kier molecular flexibility index (Phi) is 4.81. The van der Waals surface area contributed by atoms with Gasteiger partial charge in [-0.05, 0) is 35.9 Å². The van der Waals surface area contributed by atoms with Gasteiger partial charge in [-0.1, -0.05) is 70.2 Å². The highest BCUT2D eigenvalue weighted by Crippen LogP contribution is 2.41. The summed E-state index contributed by atoms with van der Waals surface area (Å²) in [5.41, 5.74) is 2.22. The maximum atomic E-state index is 6.05. The van der Waals surface area contributed by atoms with Gasteiger partial charge in [0.2, 0.25) is 0 Å². The van der Waals surface area contributed by atoms with Crippen LogP contribution in [0.25, 0.3) is 5.76 Å². The highest BCUT2D eigenvalue weighted by atomic mass is 79.9. The molecule has 0 spiro atoms. The van der Waals surface area contributed by atoms with Gasteiger partial charge < -0.3 is 9.47 Å². The van der Waals surface area contributed by atoms with Crippen LogP contribution in [0.2, 0.25) is 0 Å². The fourth-order valence-corrected chi connectivity index (χ4v) is 3.59. The summed E-state index contributed by atoms with van der Waals surface area (Å²) in [5.74, 6) is 2.57. The predicted molar refractivity (Wildman–Crippen MR) is 106 cm³/mol. The molecule has 1 heterocycles. The van der Waals surface area contributed by atoms with Crippen molar-refractivity contribution in [3.05, 3.63) is 93.8 Å². The molecule has 1 aliphatic heterocycles. The predicted octanol–water partition coefficient (Wildman–Crippen LogP) is 6.51. The second kappa shape index (κ2) is 7.38. The molecular formula is C21H15BrO2S. The van der Waals surface area contributed by atoms with Crippen molar-refractivity contribution in [3.63, 3.8) is 0 Å². The van der Waals surface area contributed by atoms with E-state index in [-0.39, 0.29) is 0 Å². The van der Waals surface area contributed by atoms with Crippen molar-refractivity contribution in [2.45, 2.75) is 11.5 Å². The van der Waals surface area contributed by atoms with Crippen LogP contribution in [-0.4, -0.2) is 0 Å². The van der Waals surface area contributed by atoms with Crippen LogP contribution in [-0.2, 0) is 6.61 Å². The first kappa shape index (κ1) is 16.3. The standard InChI is InChI=1S/C21H15BrO2S/c22-17-8-6-16(7-9-17)20-14-25-21-12-18(10-11-19(21)24-20)23-13-15-4-2-1-3-5-15/h1-12,14H,13H2. The van der Waals surface area contributed by atoms with Gasteiger partial charge in [-0.3, -0.25) is 0 Å². The van der Waals surface area contributed by atoms with Crippen molar-refractivity contribution in [2.75, 3.05) is 0 Å². The monoisotopic (exact) mass is 410 g/mol. The van der Waals surface area contributed by atoms with Gasteiger partial charge in [0, 0.05) is 15.4 Å². The Balaban J connectivity index is 1.47. The van der Waals surface area contributed by atoms with E-state index in [0.717, 1.165) is 37.8 Å². The summed E-state index contributed by atoms with van der Waals surface area (Å²) in [6.45, 7) is 0.561. The van der Waals surface area contributed by atoms with Gasteiger partial charge in [-0.15, -0.1) is 0 Å². The van der Waals surface area contributed by atoms with Crippen molar-refractivity contribution in [1.29, 1.82) is 0 Å². The summed E-state index contributed by atoms with van der Waals surface area (Å²) in [4.78, 5) is 1.06. The highest BCUT2D eigenvalue weighted by molar-refractivity contribution is 9.10. The van der Waals surface area contributed by atoms with Crippen LogP contribution in [0, 0.1) is 0 Å². The van der Waals surface area contributed by atoms with E-state index in [0.29, 0.717) is 6.61 Å². The molecule has 0 saturated carbocycles. The topological polar surface area (TPSA) is 18.5 Å². The average Bonchev–Trinajstić information content (AvgIpc) is 2.67. The zero-order valence-electron chi connectivity index (χ0n) is 13.3. The molecule has 0 unspecified atom stereocenters. The minimum Gasteiger partial charge on any atom is -0.489 e. The number of rotatable bonds is 4. The molecule has 25 heavy (non-hydrogen) atoms. The first-order valence-corrected chi connectivity index (χ1v) is 9.56. The van der Waals surface area contributed by atoms with Crippen molar-refractivity contribution in [1.82, 2.24) is 0 Å². The van der Waals surface area contributed by atoms with E-state index in [2.05, 4.69) is 28.1 Å². The number of hydrogen-bond donors (Lipinski definition) is 0. The van der Waals surface area contributed by atoms with Crippen molar-refractivity contribution in [2.24, 2.45) is 0 Å². The molecule has 4 rings (SSSR count). The molecule has 4 heteroatoms. The summed E-state index contributed by atoms with van der Waals surface area (Å²) < 4.78 is 13.0. The average molecular weight is 411 g/mol. The van der Waals surface area contributed by atoms with E-state index in [1.165, 1.54) is 0 Å². The Morgan fingerprint density at radius 2 is 1.72 bits per heavy atom. The zero-order chi connectivity index (χ0) is 17.1. The number of halogens is 1. The quantitative estimate of drug-likeness (QED) is 0.488. The van der Waals surface area contributed by atoms with E-state index >= 15 is 0 Å². The van der Waals surface area contributed by atoms with Crippen LogP contribution in [0.15, 0.2) is 87.6 Å². The van der Waals surface area contributed by atoms with E-state index in [1.807, 2.05) is 66.1 Å².